The molecular weight excluding hydrogens is 444 g/mol. The van der Waals surface area contributed by atoms with Crippen molar-refractivity contribution in [2.24, 2.45) is 0 Å². The molecule has 0 aliphatic heterocycles. The van der Waals surface area contributed by atoms with Gasteiger partial charge in [0.1, 0.15) is 11.2 Å². The lowest BCUT2D eigenvalue weighted by Gasteiger charge is -2.08. The summed E-state index contributed by atoms with van der Waals surface area (Å²) in [6, 6.07) is 22.7. The Hall–Kier alpha value is -5.11. The second-order valence-corrected chi connectivity index (χ2v) is 8.01. The smallest absolute Gasteiger partial charge is 0.255 e. The average Bonchev–Trinajstić information content (AvgIpc) is 2.86. The van der Waals surface area contributed by atoms with Gasteiger partial charge in [0.2, 0.25) is 5.43 Å². The number of carbonyl (C=O) groups is 2. The predicted octanol–water partition coefficient (Wildman–Crippen LogP) is 4.62. The summed E-state index contributed by atoms with van der Waals surface area (Å²) in [6.07, 6.45) is 0. The Morgan fingerprint density at radius 3 is 1.40 bits per heavy atom. The van der Waals surface area contributed by atoms with Crippen molar-refractivity contribution in [3.63, 3.8) is 0 Å². The molecule has 8 heteroatoms. The van der Waals surface area contributed by atoms with Crippen LogP contribution in [-0.4, -0.2) is 11.8 Å². The van der Waals surface area contributed by atoms with Crippen molar-refractivity contribution in [3.05, 3.63) is 106 Å². The van der Waals surface area contributed by atoms with Gasteiger partial charge in [-0.2, -0.15) is 0 Å². The number of nitrogens with one attached hydrogen (secondary N) is 2. The molecule has 0 radical (unpaired) electrons. The highest BCUT2D eigenvalue weighted by atomic mass is 16.3. The molecule has 0 spiro atoms. The van der Waals surface area contributed by atoms with E-state index >= 15 is 0 Å². The van der Waals surface area contributed by atoms with Crippen molar-refractivity contribution >= 4 is 56.5 Å². The first-order valence-corrected chi connectivity index (χ1v) is 10.7. The summed E-state index contributed by atoms with van der Waals surface area (Å²) in [5.41, 5.74) is 14.6. The van der Waals surface area contributed by atoms with Gasteiger partial charge in [0, 0.05) is 33.9 Å². The van der Waals surface area contributed by atoms with Crippen molar-refractivity contribution in [2.45, 2.75) is 0 Å². The van der Waals surface area contributed by atoms with E-state index in [0.29, 0.717) is 44.6 Å². The normalized spacial score (nSPS) is 10.9. The van der Waals surface area contributed by atoms with Crippen LogP contribution in [0.4, 0.5) is 22.7 Å². The number of amides is 2. The second kappa shape index (κ2) is 8.68. The largest absolute Gasteiger partial charge is 0.456 e. The number of nitrogens with two attached hydrogens (primary N) is 2. The number of benzene rings is 4. The van der Waals surface area contributed by atoms with E-state index in [9.17, 15) is 14.4 Å². The summed E-state index contributed by atoms with van der Waals surface area (Å²) in [7, 11) is 0. The minimum atomic E-state index is -0.365. The topological polar surface area (TPSA) is 140 Å². The molecule has 5 rings (SSSR count). The zero-order valence-electron chi connectivity index (χ0n) is 18.4. The van der Waals surface area contributed by atoms with Gasteiger partial charge in [0.15, 0.2) is 0 Å². The molecule has 0 saturated carbocycles. The van der Waals surface area contributed by atoms with Crippen molar-refractivity contribution < 1.29 is 14.0 Å². The summed E-state index contributed by atoms with van der Waals surface area (Å²) in [5, 5.41) is 6.22. The lowest BCUT2D eigenvalue weighted by atomic mass is 10.1. The van der Waals surface area contributed by atoms with E-state index in [1.54, 1.807) is 72.8 Å². The van der Waals surface area contributed by atoms with Crippen LogP contribution in [0.2, 0.25) is 0 Å². The number of anilines is 4. The van der Waals surface area contributed by atoms with Gasteiger partial charge in [-0.25, -0.2) is 0 Å². The first kappa shape index (κ1) is 21.7. The highest BCUT2D eigenvalue weighted by Crippen LogP contribution is 2.22. The highest BCUT2D eigenvalue weighted by Gasteiger charge is 2.14. The lowest BCUT2D eigenvalue weighted by Crippen LogP contribution is -2.13. The van der Waals surface area contributed by atoms with Gasteiger partial charge in [-0.05, 0) is 84.9 Å². The number of nitrogen functional groups attached to an aromatic ring is 2. The van der Waals surface area contributed by atoms with Gasteiger partial charge < -0.3 is 26.5 Å². The molecule has 35 heavy (non-hydrogen) atoms. The summed E-state index contributed by atoms with van der Waals surface area (Å²) in [4.78, 5) is 38.4. The minimum Gasteiger partial charge on any atom is -0.456 e. The molecular formula is C27H20N4O4. The number of hydrogen-bond acceptors (Lipinski definition) is 6. The van der Waals surface area contributed by atoms with Gasteiger partial charge in [0.05, 0.1) is 10.8 Å². The molecule has 4 aromatic carbocycles. The highest BCUT2D eigenvalue weighted by molar-refractivity contribution is 6.08. The number of rotatable bonds is 4. The Balaban J connectivity index is 1.47. The van der Waals surface area contributed by atoms with Crippen LogP contribution in [0, 0.1) is 0 Å². The summed E-state index contributed by atoms with van der Waals surface area (Å²) >= 11 is 0. The monoisotopic (exact) mass is 464 g/mol. The van der Waals surface area contributed by atoms with Crippen molar-refractivity contribution in [1.29, 1.82) is 0 Å². The molecule has 1 heterocycles. The molecule has 8 nitrogen and oxygen atoms in total. The third-order valence-electron chi connectivity index (χ3n) is 5.53. The van der Waals surface area contributed by atoms with Crippen LogP contribution in [0.25, 0.3) is 21.9 Å². The number of fused-ring (bicyclic) bond motifs is 2. The zero-order valence-corrected chi connectivity index (χ0v) is 18.4. The number of carbonyl (C=O) groups excluding carboxylic acids is 2. The third-order valence-corrected chi connectivity index (χ3v) is 5.53. The predicted molar refractivity (Wildman–Crippen MR) is 138 cm³/mol. The van der Waals surface area contributed by atoms with E-state index < -0.39 is 0 Å². The Bertz CT molecular complexity index is 1540. The summed E-state index contributed by atoms with van der Waals surface area (Å²) < 4.78 is 5.95. The lowest BCUT2D eigenvalue weighted by molar-refractivity contribution is 0.101. The second-order valence-electron chi connectivity index (χ2n) is 8.01. The van der Waals surface area contributed by atoms with Crippen LogP contribution < -0.4 is 27.5 Å². The fraction of sp³-hybridized carbons (Fsp3) is 0. The Morgan fingerprint density at radius 1 is 0.600 bits per heavy atom. The van der Waals surface area contributed by atoms with Crippen LogP contribution in [-0.2, 0) is 0 Å². The van der Waals surface area contributed by atoms with Crippen LogP contribution in [0.5, 0.6) is 0 Å². The first-order valence-electron chi connectivity index (χ1n) is 10.7. The fourth-order valence-electron chi connectivity index (χ4n) is 3.67. The third kappa shape index (κ3) is 4.40. The van der Waals surface area contributed by atoms with E-state index in [2.05, 4.69) is 10.6 Å². The van der Waals surface area contributed by atoms with Gasteiger partial charge in [-0.3, -0.25) is 14.4 Å². The molecule has 6 N–H and O–H groups in total. The van der Waals surface area contributed by atoms with Crippen LogP contribution in [0.3, 0.4) is 0 Å². The first-order chi connectivity index (χ1) is 16.9. The maximum atomic E-state index is 13.0. The maximum Gasteiger partial charge on any atom is 0.255 e. The molecule has 0 aliphatic carbocycles. The molecule has 0 bridgehead atoms. The average molecular weight is 464 g/mol. The van der Waals surface area contributed by atoms with Crippen molar-refractivity contribution in [3.8, 4) is 0 Å². The fourth-order valence-corrected chi connectivity index (χ4v) is 3.67. The molecule has 0 unspecified atom stereocenters. The quantitative estimate of drug-likeness (QED) is 0.226. The van der Waals surface area contributed by atoms with Crippen molar-refractivity contribution in [2.75, 3.05) is 22.1 Å². The molecule has 0 saturated heterocycles. The van der Waals surface area contributed by atoms with E-state index in [-0.39, 0.29) is 28.4 Å². The van der Waals surface area contributed by atoms with Gasteiger partial charge in [-0.1, -0.05) is 0 Å². The zero-order chi connectivity index (χ0) is 24.5. The van der Waals surface area contributed by atoms with Gasteiger partial charge in [0.25, 0.3) is 11.8 Å². The number of hydrogen-bond donors (Lipinski definition) is 4. The molecule has 5 aromatic rings. The molecule has 172 valence electrons. The standard InChI is InChI=1S/C27H20N4O4/c28-17-3-7-19(8-4-17)30-26(33)15-1-11-21-23(13-15)35-24-14-16(2-12-22(24)25(21)32)27(34)31-20-9-5-18(29)6-10-20/h1-14H,28-29H2,(H,30,33)(H,31,34). The molecule has 0 atom stereocenters. The molecule has 0 aliphatic rings. The van der Waals surface area contributed by atoms with E-state index in [4.69, 9.17) is 15.9 Å². The summed E-state index contributed by atoms with van der Waals surface area (Å²) in [6.45, 7) is 0. The van der Waals surface area contributed by atoms with Crippen molar-refractivity contribution in [1.82, 2.24) is 0 Å². The summed E-state index contributed by atoms with van der Waals surface area (Å²) in [5.74, 6) is -0.730. The van der Waals surface area contributed by atoms with Crippen LogP contribution in [0.1, 0.15) is 20.7 Å². The van der Waals surface area contributed by atoms with Gasteiger partial charge in [-0.15, -0.1) is 0 Å². The Labute approximate surface area is 199 Å². The van der Waals surface area contributed by atoms with E-state index in [1.165, 1.54) is 12.1 Å². The molecule has 1 aromatic heterocycles. The molecule has 0 fully saturated rings. The Morgan fingerprint density at radius 2 is 1.00 bits per heavy atom. The maximum absolute atomic E-state index is 13.0. The minimum absolute atomic E-state index is 0.239. The Kier molecular flexibility index (Phi) is 5.39. The SMILES string of the molecule is Nc1ccc(NC(=O)c2ccc3c(=O)c4ccc(C(=O)Nc5ccc(N)cc5)cc4oc3c2)cc1. The van der Waals surface area contributed by atoms with Crippen LogP contribution >= 0.6 is 0 Å². The van der Waals surface area contributed by atoms with Gasteiger partial charge >= 0.3 is 0 Å². The molecule has 2 amide bonds. The van der Waals surface area contributed by atoms with E-state index in [0.717, 1.165) is 0 Å². The van der Waals surface area contributed by atoms with E-state index in [1.807, 2.05) is 0 Å². The van der Waals surface area contributed by atoms with Crippen LogP contribution in [0.15, 0.2) is 94.1 Å².